The standard InChI is InChI=1S/C19H19F3N2O2/c1-12-6-4-9-17(13(12)2)23-18(26)11-24(14(3)25)16-8-5-7-15(10-16)19(20,21)22/h4-10H,11H2,1-3H3,(H,23,26). The van der Waals surface area contributed by atoms with E-state index in [4.69, 9.17) is 0 Å². The molecule has 138 valence electrons. The van der Waals surface area contributed by atoms with Gasteiger partial charge in [0.25, 0.3) is 0 Å². The fourth-order valence-electron chi connectivity index (χ4n) is 2.45. The molecule has 0 aromatic heterocycles. The number of aryl methyl sites for hydroxylation is 1. The van der Waals surface area contributed by atoms with E-state index in [1.54, 1.807) is 12.1 Å². The van der Waals surface area contributed by atoms with Crippen LogP contribution in [-0.2, 0) is 15.8 Å². The molecule has 2 amide bonds. The van der Waals surface area contributed by atoms with Gasteiger partial charge in [-0.25, -0.2) is 0 Å². The molecule has 0 aliphatic rings. The van der Waals surface area contributed by atoms with E-state index in [1.165, 1.54) is 19.1 Å². The number of anilines is 2. The number of alkyl halides is 3. The molecule has 4 nitrogen and oxygen atoms in total. The lowest BCUT2D eigenvalue weighted by Crippen LogP contribution is -2.37. The summed E-state index contributed by atoms with van der Waals surface area (Å²) in [6.07, 6.45) is -4.53. The average Bonchev–Trinajstić information content (AvgIpc) is 2.56. The molecule has 0 saturated heterocycles. The summed E-state index contributed by atoms with van der Waals surface area (Å²) in [7, 11) is 0. The Morgan fingerprint density at radius 1 is 1.08 bits per heavy atom. The Hall–Kier alpha value is -2.83. The molecule has 2 aromatic carbocycles. The van der Waals surface area contributed by atoms with Crippen molar-refractivity contribution in [1.82, 2.24) is 0 Å². The third-order valence-corrected chi connectivity index (χ3v) is 4.05. The van der Waals surface area contributed by atoms with Gasteiger partial charge >= 0.3 is 6.18 Å². The summed E-state index contributed by atoms with van der Waals surface area (Å²) in [6.45, 7) is 4.56. The number of carbonyl (C=O) groups excluding carboxylic acids is 2. The van der Waals surface area contributed by atoms with E-state index >= 15 is 0 Å². The van der Waals surface area contributed by atoms with Crippen LogP contribution in [0.2, 0.25) is 0 Å². The number of nitrogens with one attached hydrogen (secondary N) is 1. The largest absolute Gasteiger partial charge is 0.416 e. The molecular weight excluding hydrogens is 345 g/mol. The minimum Gasteiger partial charge on any atom is -0.324 e. The van der Waals surface area contributed by atoms with Gasteiger partial charge in [-0.2, -0.15) is 13.2 Å². The quantitative estimate of drug-likeness (QED) is 0.879. The zero-order chi connectivity index (χ0) is 19.5. The van der Waals surface area contributed by atoms with Crippen LogP contribution in [0.1, 0.15) is 23.6 Å². The topological polar surface area (TPSA) is 49.4 Å². The van der Waals surface area contributed by atoms with Crippen LogP contribution in [0.4, 0.5) is 24.5 Å². The summed E-state index contributed by atoms with van der Waals surface area (Å²) in [5.41, 5.74) is 1.61. The molecule has 0 heterocycles. The van der Waals surface area contributed by atoms with Gasteiger partial charge in [0.05, 0.1) is 5.56 Å². The molecule has 0 saturated carbocycles. The Morgan fingerprint density at radius 2 is 1.73 bits per heavy atom. The van der Waals surface area contributed by atoms with Crippen LogP contribution in [0, 0.1) is 13.8 Å². The van der Waals surface area contributed by atoms with Crippen LogP contribution >= 0.6 is 0 Å². The zero-order valence-corrected chi connectivity index (χ0v) is 14.6. The molecule has 2 aromatic rings. The Morgan fingerprint density at radius 3 is 2.35 bits per heavy atom. The van der Waals surface area contributed by atoms with Crippen molar-refractivity contribution in [3.8, 4) is 0 Å². The molecule has 0 radical (unpaired) electrons. The Kier molecular flexibility index (Phi) is 5.69. The number of rotatable bonds is 4. The van der Waals surface area contributed by atoms with Crippen molar-refractivity contribution in [3.05, 3.63) is 59.2 Å². The number of hydrogen-bond donors (Lipinski definition) is 1. The molecule has 0 spiro atoms. The number of carbonyl (C=O) groups is 2. The van der Waals surface area contributed by atoms with Crippen molar-refractivity contribution in [2.24, 2.45) is 0 Å². The summed E-state index contributed by atoms with van der Waals surface area (Å²) in [5, 5.41) is 2.70. The van der Waals surface area contributed by atoms with Crippen LogP contribution in [0.5, 0.6) is 0 Å². The lowest BCUT2D eigenvalue weighted by Gasteiger charge is -2.22. The lowest BCUT2D eigenvalue weighted by molar-refractivity contribution is -0.137. The molecule has 0 bridgehead atoms. The molecule has 0 atom stereocenters. The van der Waals surface area contributed by atoms with Gasteiger partial charge in [-0.15, -0.1) is 0 Å². The number of benzene rings is 2. The maximum atomic E-state index is 12.9. The first-order chi connectivity index (χ1) is 12.1. The van der Waals surface area contributed by atoms with E-state index in [9.17, 15) is 22.8 Å². The van der Waals surface area contributed by atoms with Crippen molar-refractivity contribution in [3.63, 3.8) is 0 Å². The first-order valence-electron chi connectivity index (χ1n) is 7.91. The van der Waals surface area contributed by atoms with Crippen molar-refractivity contribution >= 4 is 23.2 Å². The molecule has 0 fully saturated rings. The van der Waals surface area contributed by atoms with E-state index in [1.807, 2.05) is 19.9 Å². The molecule has 7 heteroatoms. The van der Waals surface area contributed by atoms with Gasteiger partial charge in [0.2, 0.25) is 11.8 Å². The fraction of sp³-hybridized carbons (Fsp3) is 0.263. The van der Waals surface area contributed by atoms with Gasteiger partial charge in [0.15, 0.2) is 0 Å². The van der Waals surface area contributed by atoms with Crippen molar-refractivity contribution in [1.29, 1.82) is 0 Å². The second-order valence-corrected chi connectivity index (χ2v) is 5.95. The second kappa shape index (κ2) is 7.59. The highest BCUT2D eigenvalue weighted by Gasteiger charge is 2.31. The van der Waals surface area contributed by atoms with Crippen LogP contribution in [-0.4, -0.2) is 18.4 Å². The van der Waals surface area contributed by atoms with E-state index in [-0.39, 0.29) is 12.2 Å². The highest BCUT2D eigenvalue weighted by Crippen LogP contribution is 2.31. The highest BCUT2D eigenvalue weighted by atomic mass is 19.4. The predicted octanol–water partition coefficient (Wildman–Crippen LogP) is 4.31. The molecule has 26 heavy (non-hydrogen) atoms. The first-order valence-corrected chi connectivity index (χ1v) is 7.91. The number of halogens is 3. The Balaban J connectivity index is 2.22. The predicted molar refractivity (Wildman–Crippen MR) is 94.0 cm³/mol. The third-order valence-electron chi connectivity index (χ3n) is 4.05. The van der Waals surface area contributed by atoms with Crippen LogP contribution in [0.25, 0.3) is 0 Å². The minimum absolute atomic E-state index is 0.0171. The zero-order valence-electron chi connectivity index (χ0n) is 14.6. The van der Waals surface area contributed by atoms with Crippen molar-refractivity contribution < 1.29 is 22.8 Å². The van der Waals surface area contributed by atoms with Gasteiger partial charge in [-0.05, 0) is 49.2 Å². The first kappa shape index (κ1) is 19.5. The third kappa shape index (κ3) is 4.62. The minimum atomic E-state index is -4.53. The maximum Gasteiger partial charge on any atom is 0.416 e. The van der Waals surface area contributed by atoms with E-state index in [0.29, 0.717) is 5.69 Å². The molecule has 0 aliphatic heterocycles. The number of amides is 2. The van der Waals surface area contributed by atoms with Crippen LogP contribution in [0.3, 0.4) is 0 Å². The molecule has 2 rings (SSSR count). The summed E-state index contributed by atoms with van der Waals surface area (Å²) < 4.78 is 38.6. The fourth-order valence-corrected chi connectivity index (χ4v) is 2.45. The van der Waals surface area contributed by atoms with E-state index < -0.39 is 23.6 Å². The number of hydrogen-bond acceptors (Lipinski definition) is 2. The second-order valence-electron chi connectivity index (χ2n) is 5.95. The maximum absolute atomic E-state index is 12.9. The van der Waals surface area contributed by atoms with Crippen molar-refractivity contribution in [2.45, 2.75) is 26.9 Å². The molecular formula is C19H19F3N2O2. The van der Waals surface area contributed by atoms with Gasteiger partial charge in [-0.1, -0.05) is 18.2 Å². The van der Waals surface area contributed by atoms with Gasteiger partial charge in [-0.3, -0.25) is 9.59 Å². The van der Waals surface area contributed by atoms with Crippen molar-refractivity contribution in [2.75, 3.05) is 16.8 Å². The average molecular weight is 364 g/mol. The number of nitrogens with zero attached hydrogens (tertiary/aromatic N) is 1. The molecule has 1 N–H and O–H groups in total. The Bertz CT molecular complexity index is 832. The summed E-state index contributed by atoms with van der Waals surface area (Å²) in [5.74, 6) is -1.02. The van der Waals surface area contributed by atoms with E-state index in [0.717, 1.165) is 28.2 Å². The van der Waals surface area contributed by atoms with Crippen LogP contribution in [0.15, 0.2) is 42.5 Å². The van der Waals surface area contributed by atoms with Crippen LogP contribution < -0.4 is 10.2 Å². The van der Waals surface area contributed by atoms with Gasteiger partial charge < -0.3 is 10.2 Å². The summed E-state index contributed by atoms with van der Waals surface area (Å²) in [6, 6.07) is 9.74. The molecule has 0 unspecified atom stereocenters. The monoisotopic (exact) mass is 364 g/mol. The summed E-state index contributed by atoms with van der Waals surface area (Å²) in [4.78, 5) is 25.2. The lowest BCUT2D eigenvalue weighted by atomic mass is 10.1. The normalized spacial score (nSPS) is 11.2. The highest BCUT2D eigenvalue weighted by molar-refractivity contribution is 6.02. The van der Waals surface area contributed by atoms with Gasteiger partial charge in [0.1, 0.15) is 6.54 Å². The van der Waals surface area contributed by atoms with E-state index in [2.05, 4.69) is 5.32 Å². The van der Waals surface area contributed by atoms with Gasteiger partial charge in [0, 0.05) is 18.3 Å². The smallest absolute Gasteiger partial charge is 0.324 e. The Labute approximate surface area is 149 Å². The SMILES string of the molecule is CC(=O)N(CC(=O)Nc1cccc(C)c1C)c1cccc(C(F)(F)F)c1. The summed E-state index contributed by atoms with van der Waals surface area (Å²) >= 11 is 0. The molecule has 0 aliphatic carbocycles.